The van der Waals surface area contributed by atoms with E-state index in [1.54, 1.807) is 18.4 Å². The number of amides is 1. The molecule has 1 aromatic rings. The Morgan fingerprint density at radius 3 is 2.68 bits per heavy atom. The average Bonchev–Trinajstić information content (AvgIpc) is 2.94. The van der Waals surface area contributed by atoms with Crippen LogP contribution in [0.25, 0.3) is 0 Å². The Bertz CT molecular complexity index is 661. The van der Waals surface area contributed by atoms with E-state index in [2.05, 4.69) is 27.5 Å². The van der Waals surface area contributed by atoms with Gasteiger partial charge < -0.3 is 20.3 Å². The van der Waals surface area contributed by atoms with E-state index >= 15 is 0 Å². The van der Waals surface area contributed by atoms with Crippen molar-refractivity contribution < 1.29 is 9.53 Å². The third kappa shape index (κ3) is 6.96. The van der Waals surface area contributed by atoms with E-state index in [0.29, 0.717) is 6.54 Å². The highest BCUT2D eigenvalue weighted by atomic mass is 32.1. The molecule has 0 saturated carbocycles. The maximum Gasteiger partial charge on any atom is 0.410 e. The number of ether oxygens (including phenoxy) is 1. The first-order valence-corrected chi connectivity index (χ1v) is 10.9. The third-order valence-corrected chi connectivity index (χ3v) is 5.82. The number of rotatable bonds is 5. The Morgan fingerprint density at radius 1 is 1.32 bits per heavy atom. The summed E-state index contributed by atoms with van der Waals surface area (Å²) in [6, 6.07) is 0.117. The Kier molecular flexibility index (Phi) is 8.10. The lowest BCUT2D eigenvalue weighted by atomic mass is 10.0. The molecule has 2 heterocycles. The molecule has 1 aliphatic heterocycles. The number of nitrogens with zero attached hydrogens (tertiary/aromatic N) is 3. The van der Waals surface area contributed by atoms with Crippen LogP contribution in [0.5, 0.6) is 0 Å². The fraction of sp³-hybridized carbons (Fsp3) is 0.750. The van der Waals surface area contributed by atoms with Gasteiger partial charge in [0.05, 0.1) is 16.7 Å². The minimum absolute atomic E-state index is 0.117. The second kappa shape index (κ2) is 10.1. The van der Waals surface area contributed by atoms with E-state index in [1.165, 1.54) is 4.88 Å². The van der Waals surface area contributed by atoms with Gasteiger partial charge in [0.2, 0.25) is 0 Å². The maximum absolute atomic E-state index is 12.5. The summed E-state index contributed by atoms with van der Waals surface area (Å²) < 4.78 is 5.57. The summed E-state index contributed by atoms with van der Waals surface area (Å²) in [5, 5.41) is 7.84. The zero-order valence-corrected chi connectivity index (χ0v) is 18.9. The van der Waals surface area contributed by atoms with Crippen molar-refractivity contribution in [2.75, 3.05) is 26.7 Å². The predicted octanol–water partition coefficient (Wildman–Crippen LogP) is 3.26. The number of hydrogen-bond acceptors (Lipinski definition) is 5. The average molecular weight is 410 g/mol. The zero-order valence-electron chi connectivity index (χ0n) is 18.1. The number of thiazole rings is 1. The maximum atomic E-state index is 12.5. The molecule has 1 atom stereocenters. The molecule has 7 nitrogen and oxygen atoms in total. The first-order valence-electron chi connectivity index (χ1n) is 10.1. The predicted molar refractivity (Wildman–Crippen MR) is 115 cm³/mol. The lowest BCUT2D eigenvalue weighted by Gasteiger charge is -2.37. The molecule has 28 heavy (non-hydrogen) atoms. The smallest absolute Gasteiger partial charge is 0.410 e. The van der Waals surface area contributed by atoms with Crippen molar-refractivity contribution in [1.82, 2.24) is 20.5 Å². The normalized spacial score (nSPS) is 18.1. The highest BCUT2D eigenvalue weighted by Crippen LogP contribution is 2.20. The van der Waals surface area contributed by atoms with Crippen LogP contribution in [0.15, 0.2) is 4.99 Å². The molecule has 158 valence electrons. The van der Waals surface area contributed by atoms with Gasteiger partial charge in [-0.25, -0.2) is 9.78 Å². The molecule has 0 aromatic carbocycles. The summed E-state index contributed by atoms with van der Waals surface area (Å²) in [7, 11) is 1.76. The Balaban J connectivity index is 1.82. The minimum Gasteiger partial charge on any atom is -0.444 e. The highest BCUT2D eigenvalue weighted by molar-refractivity contribution is 7.11. The molecular weight excluding hydrogens is 374 g/mol. The molecule has 0 bridgehead atoms. The number of guanidine groups is 1. The van der Waals surface area contributed by atoms with Crippen molar-refractivity contribution in [3.8, 4) is 0 Å². The molecule has 0 radical (unpaired) electrons. The fourth-order valence-corrected chi connectivity index (χ4v) is 4.08. The van der Waals surface area contributed by atoms with E-state index in [-0.39, 0.29) is 12.1 Å². The minimum atomic E-state index is -0.476. The highest BCUT2D eigenvalue weighted by Gasteiger charge is 2.30. The number of likely N-dealkylation sites (tertiary alicyclic amines) is 1. The van der Waals surface area contributed by atoms with Gasteiger partial charge in [-0.05, 0) is 53.9 Å². The van der Waals surface area contributed by atoms with Gasteiger partial charge in [-0.15, -0.1) is 11.3 Å². The molecule has 1 aliphatic rings. The van der Waals surface area contributed by atoms with Crippen LogP contribution in [0, 0.1) is 13.8 Å². The first-order chi connectivity index (χ1) is 13.2. The summed E-state index contributed by atoms with van der Waals surface area (Å²) in [6.07, 6.45) is 3.76. The van der Waals surface area contributed by atoms with Crippen molar-refractivity contribution >= 4 is 23.4 Å². The SMILES string of the molecule is CN=C(NCCc1nc(C)c(C)s1)NCC1CCCCN1C(=O)OC(C)(C)C. The van der Waals surface area contributed by atoms with Gasteiger partial charge >= 0.3 is 6.09 Å². The van der Waals surface area contributed by atoms with E-state index in [0.717, 1.165) is 55.4 Å². The summed E-state index contributed by atoms with van der Waals surface area (Å²) in [5.74, 6) is 0.750. The number of nitrogens with one attached hydrogen (secondary N) is 2. The monoisotopic (exact) mass is 409 g/mol. The largest absolute Gasteiger partial charge is 0.444 e. The van der Waals surface area contributed by atoms with E-state index < -0.39 is 5.60 Å². The van der Waals surface area contributed by atoms with Gasteiger partial charge in [-0.1, -0.05) is 0 Å². The number of hydrogen-bond donors (Lipinski definition) is 2. The van der Waals surface area contributed by atoms with Gasteiger partial charge in [0.25, 0.3) is 0 Å². The van der Waals surface area contributed by atoms with Crippen LogP contribution in [-0.4, -0.2) is 60.3 Å². The summed E-state index contributed by atoms with van der Waals surface area (Å²) in [5.41, 5.74) is 0.637. The second-order valence-electron chi connectivity index (χ2n) is 8.20. The van der Waals surface area contributed by atoms with Gasteiger partial charge in [0, 0.05) is 38.0 Å². The lowest BCUT2D eigenvalue weighted by Crippen LogP contribution is -2.52. The number of piperidine rings is 1. The van der Waals surface area contributed by atoms with Crippen LogP contribution in [0.2, 0.25) is 0 Å². The number of carbonyl (C=O) groups excluding carboxylic acids is 1. The van der Waals surface area contributed by atoms with Crippen LogP contribution in [0.4, 0.5) is 4.79 Å². The van der Waals surface area contributed by atoms with E-state index in [1.807, 2.05) is 32.6 Å². The molecule has 1 amide bonds. The summed E-state index contributed by atoms with van der Waals surface area (Å²) in [6.45, 7) is 12.0. The lowest BCUT2D eigenvalue weighted by molar-refractivity contribution is 0.0104. The Hall–Kier alpha value is -1.83. The quantitative estimate of drug-likeness (QED) is 0.576. The Labute approximate surface area is 173 Å². The van der Waals surface area contributed by atoms with Crippen LogP contribution in [0.1, 0.15) is 55.6 Å². The molecular formula is C20H35N5O2S. The molecule has 1 saturated heterocycles. The van der Waals surface area contributed by atoms with E-state index in [4.69, 9.17) is 4.74 Å². The molecule has 0 spiro atoms. The molecule has 2 N–H and O–H groups in total. The second-order valence-corrected chi connectivity index (χ2v) is 9.49. The molecule has 1 fully saturated rings. The van der Waals surface area contributed by atoms with Crippen molar-refractivity contribution in [2.24, 2.45) is 4.99 Å². The van der Waals surface area contributed by atoms with Crippen LogP contribution >= 0.6 is 11.3 Å². The standard InChI is InChI=1S/C20H35N5O2S/c1-14-15(2)28-17(24-14)10-11-22-18(21-6)23-13-16-9-7-8-12-25(16)19(26)27-20(3,4)5/h16H,7-13H2,1-6H3,(H2,21,22,23). The van der Waals surface area contributed by atoms with E-state index in [9.17, 15) is 4.79 Å². The molecule has 1 unspecified atom stereocenters. The number of aromatic nitrogens is 1. The molecule has 8 heteroatoms. The Morgan fingerprint density at radius 2 is 2.07 bits per heavy atom. The van der Waals surface area contributed by atoms with Crippen molar-refractivity contribution in [3.63, 3.8) is 0 Å². The van der Waals surface area contributed by atoms with Gasteiger partial charge in [-0.2, -0.15) is 0 Å². The van der Waals surface area contributed by atoms with Crippen LogP contribution < -0.4 is 10.6 Å². The van der Waals surface area contributed by atoms with Crippen LogP contribution in [0.3, 0.4) is 0 Å². The molecule has 2 rings (SSSR count). The molecule has 1 aromatic heterocycles. The van der Waals surface area contributed by atoms with Crippen molar-refractivity contribution in [2.45, 2.75) is 71.9 Å². The molecule has 0 aliphatic carbocycles. The van der Waals surface area contributed by atoms with Crippen molar-refractivity contribution in [3.05, 3.63) is 15.6 Å². The number of aryl methyl sites for hydroxylation is 2. The summed E-state index contributed by atoms with van der Waals surface area (Å²) >= 11 is 1.75. The first kappa shape index (κ1) is 22.5. The number of aliphatic imine (C=N–C) groups is 1. The third-order valence-electron chi connectivity index (χ3n) is 4.69. The van der Waals surface area contributed by atoms with Crippen LogP contribution in [-0.2, 0) is 11.2 Å². The topological polar surface area (TPSA) is 78.9 Å². The van der Waals surface area contributed by atoms with Crippen molar-refractivity contribution in [1.29, 1.82) is 0 Å². The summed E-state index contributed by atoms with van der Waals surface area (Å²) in [4.78, 5) is 24.5. The number of carbonyl (C=O) groups is 1. The van der Waals surface area contributed by atoms with Gasteiger partial charge in [0.1, 0.15) is 5.60 Å². The fourth-order valence-electron chi connectivity index (χ4n) is 3.14. The van der Waals surface area contributed by atoms with Gasteiger partial charge in [-0.3, -0.25) is 4.99 Å². The zero-order chi connectivity index (χ0) is 20.7. The van der Waals surface area contributed by atoms with Gasteiger partial charge in [0.15, 0.2) is 5.96 Å².